The fourth-order valence-electron chi connectivity index (χ4n) is 1.03. The number of H-pyrrole nitrogens is 1. The van der Waals surface area contributed by atoms with Crippen LogP contribution in [-0.4, -0.2) is 16.3 Å². The zero-order valence-electron chi connectivity index (χ0n) is 7.79. The molecule has 1 rings (SSSR count). The maximum atomic E-state index is 11.9. The molecule has 1 aromatic heterocycles. The van der Waals surface area contributed by atoms with E-state index in [4.69, 9.17) is 0 Å². The van der Waals surface area contributed by atoms with Gasteiger partial charge in [0.1, 0.15) is 0 Å². The van der Waals surface area contributed by atoms with Gasteiger partial charge < -0.3 is 14.9 Å². The van der Waals surface area contributed by atoms with Crippen molar-refractivity contribution in [2.75, 3.05) is 0 Å². The summed E-state index contributed by atoms with van der Waals surface area (Å²) in [7, 11) is 0. The number of ether oxygens (including phenoxy) is 1. The van der Waals surface area contributed by atoms with E-state index in [1.54, 1.807) is 4.98 Å². The molecule has 6 nitrogen and oxygen atoms in total. The van der Waals surface area contributed by atoms with Gasteiger partial charge in [0, 0.05) is 11.6 Å². The lowest BCUT2D eigenvalue weighted by Gasteiger charge is -2.10. The highest BCUT2D eigenvalue weighted by molar-refractivity contribution is 5.45. The Morgan fingerprint density at radius 3 is 2.50 bits per heavy atom. The van der Waals surface area contributed by atoms with Crippen molar-refractivity contribution in [1.29, 1.82) is 0 Å². The Balaban J connectivity index is 3.36. The molecule has 0 spiro atoms. The molecule has 1 heterocycles. The van der Waals surface area contributed by atoms with Crippen LogP contribution in [0.3, 0.4) is 0 Å². The third-order valence-corrected chi connectivity index (χ3v) is 1.56. The fourth-order valence-corrected chi connectivity index (χ4v) is 1.03. The fraction of sp³-hybridized carbons (Fsp3) is 0.286. The van der Waals surface area contributed by atoms with Crippen LogP contribution in [0.25, 0.3) is 0 Å². The monoisotopic (exact) mass is 238 g/mol. The van der Waals surface area contributed by atoms with Crippen molar-refractivity contribution in [3.8, 4) is 5.75 Å². The second kappa shape index (κ2) is 3.83. The van der Waals surface area contributed by atoms with Crippen LogP contribution in [-0.2, 0) is 0 Å². The molecule has 1 N–H and O–H groups in total. The maximum absolute atomic E-state index is 11.9. The molecule has 0 radical (unpaired) electrons. The van der Waals surface area contributed by atoms with Gasteiger partial charge in [-0.25, -0.2) is 9.78 Å². The molecule has 0 aliphatic rings. The third kappa shape index (κ3) is 2.72. The Hall–Kier alpha value is -2.06. The first-order valence-corrected chi connectivity index (χ1v) is 3.85. The van der Waals surface area contributed by atoms with Crippen molar-refractivity contribution < 1.29 is 22.8 Å². The summed E-state index contributed by atoms with van der Waals surface area (Å²) < 4.78 is 39.3. The molecular formula is C7H5F3N2O4. The summed E-state index contributed by atoms with van der Waals surface area (Å²) in [6.45, 7) is 1.10. The highest BCUT2D eigenvalue weighted by Crippen LogP contribution is 2.31. The Morgan fingerprint density at radius 1 is 1.50 bits per heavy atom. The van der Waals surface area contributed by atoms with E-state index in [1.807, 2.05) is 0 Å². The molecule has 0 fully saturated rings. The number of pyridine rings is 1. The van der Waals surface area contributed by atoms with E-state index in [-0.39, 0.29) is 5.56 Å². The average Bonchev–Trinajstić information content (AvgIpc) is 2.07. The molecule has 0 bridgehead atoms. The zero-order valence-corrected chi connectivity index (χ0v) is 7.79. The van der Waals surface area contributed by atoms with E-state index in [0.29, 0.717) is 0 Å². The topological polar surface area (TPSA) is 85.2 Å². The van der Waals surface area contributed by atoms with E-state index in [1.165, 1.54) is 0 Å². The van der Waals surface area contributed by atoms with E-state index < -0.39 is 28.4 Å². The Kier molecular flexibility index (Phi) is 2.88. The summed E-state index contributed by atoms with van der Waals surface area (Å²) >= 11 is 0. The number of halogens is 3. The summed E-state index contributed by atoms with van der Waals surface area (Å²) in [4.78, 5) is 21.7. The highest BCUT2D eigenvalue weighted by Gasteiger charge is 2.35. The van der Waals surface area contributed by atoms with Gasteiger partial charge in [0.2, 0.25) is 5.75 Å². The predicted octanol–water partition coefficient (Wildman–Crippen LogP) is 1.49. The Morgan fingerprint density at radius 2 is 2.06 bits per heavy atom. The molecule has 0 aliphatic carbocycles. The van der Waals surface area contributed by atoms with Gasteiger partial charge in [-0.1, -0.05) is 0 Å². The number of nitrogens with zero attached hydrogens (tertiary/aromatic N) is 1. The minimum atomic E-state index is -5.06. The smallest absolute Gasteiger partial charge is 0.397 e. The van der Waals surface area contributed by atoms with Crippen LogP contribution >= 0.6 is 0 Å². The first kappa shape index (κ1) is 12.0. The number of aromatic nitrogens is 1. The minimum absolute atomic E-state index is 0.271. The van der Waals surface area contributed by atoms with Crippen molar-refractivity contribution in [3.63, 3.8) is 0 Å². The Bertz CT molecular complexity index is 480. The number of aryl methyl sites for hydroxylation is 1. The van der Waals surface area contributed by atoms with Crippen molar-refractivity contribution in [3.05, 3.63) is 32.1 Å². The molecule has 0 amide bonds. The van der Waals surface area contributed by atoms with E-state index in [0.717, 1.165) is 13.0 Å². The average molecular weight is 238 g/mol. The van der Waals surface area contributed by atoms with Crippen molar-refractivity contribution in [2.45, 2.75) is 13.3 Å². The van der Waals surface area contributed by atoms with Gasteiger partial charge in [-0.3, -0.25) is 0 Å². The van der Waals surface area contributed by atoms with Gasteiger partial charge in [-0.2, -0.15) is 0 Å². The van der Waals surface area contributed by atoms with Crippen LogP contribution < -0.4 is 10.3 Å². The summed E-state index contributed by atoms with van der Waals surface area (Å²) in [6.07, 6.45) is -5.06. The number of alkyl halides is 3. The lowest BCUT2D eigenvalue weighted by Crippen LogP contribution is -2.20. The van der Waals surface area contributed by atoms with Crippen LogP contribution in [0, 0.1) is 17.0 Å². The van der Waals surface area contributed by atoms with Gasteiger partial charge in [0.15, 0.2) is 0 Å². The number of rotatable bonds is 2. The molecule has 0 aromatic carbocycles. The Labute approximate surface area is 85.8 Å². The van der Waals surface area contributed by atoms with Crippen molar-refractivity contribution in [2.24, 2.45) is 0 Å². The lowest BCUT2D eigenvalue weighted by molar-refractivity contribution is -0.393. The lowest BCUT2D eigenvalue weighted by atomic mass is 10.2. The van der Waals surface area contributed by atoms with Crippen molar-refractivity contribution >= 4 is 5.82 Å². The van der Waals surface area contributed by atoms with Crippen LogP contribution in [0.15, 0.2) is 10.9 Å². The molecule has 9 heteroatoms. The third-order valence-electron chi connectivity index (χ3n) is 1.56. The number of hydrogen-bond donors (Lipinski definition) is 1. The van der Waals surface area contributed by atoms with E-state index in [9.17, 15) is 28.1 Å². The van der Waals surface area contributed by atoms with Gasteiger partial charge in [0.25, 0.3) is 0 Å². The molecule has 0 aliphatic heterocycles. The highest BCUT2D eigenvalue weighted by atomic mass is 19.4. The van der Waals surface area contributed by atoms with Crippen molar-refractivity contribution in [1.82, 2.24) is 4.98 Å². The van der Waals surface area contributed by atoms with Gasteiger partial charge in [-0.15, -0.1) is 13.2 Å². The van der Waals surface area contributed by atoms with Crippen LogP contribution in [0.2, 0.25) is 0 Å². The summed E-state index contributed by atoms with van der Waals surface area (Å²) in [5.41, 5.74) is -1.15. The first-order chi connectivity index (χ1) is 7.20. The van der Waals surface area contributed by atoms with Gasteiger partial charge >= 0.3 is 17.7 Å². The number of nitrogens with one attached hydrogen (secondary N) is 1. The zero-order chi connectivity index (χ0) is 12.5. The molecule has 1 aromatic rings. The second-order valence-electron chi connectivity index (χ2n) is 2.80. The molecule has 0 saturated heterocycles. The van der Waals surface area contributed by atoms with Crippen LogP contribution in [0.1, 0.15) is 5.56 Å². The molecular weight excluding hydrogens is 233 g/mol. The quantitative estimate of drug-likeness (QED) is 0.624. The predicted molar refractivity (Wildman–Crippen MR) is 45.1 cm³/mol. The summed E-state index contributed by atoms with van der Waals surface area (Å²) in [6, 6.07) is 0.772. The SMILES string of the molecule is Cc1cc(=O)[nH]c([N+](=O)[O-])c1OC(F)(F)F. The van der Waals surface area contributed by atoms with E-state index >= 15 is 0 Å². The summed E-state index contributed by atoms with van der Waals surface area (Å²) in [5, 5.41) is 10.4. The van der Waals surface area contributed by atoms with Crippen LogP contribution in [0.4, 0.5) is 19.0 Å². The molecule has 0 unspecified atom stereocenters. The number of hydrogen-bond acceptors (Lipinski definition) is 4. The normalized spacial score (nSPS) is 11.2. The van der Waals surface area contributed by atoms with Gasteiger partial charge in [-0.05, 0) is 11.8 Å². The standard InChI is InChI=1S/C7H5F3N2O4/c1-3-2-4(13)11-6(12(14)15)5(3)16-7(8,9)10/h2H,1H3,(H,11,13). The minimum Gasteiger partial charge on any atom is -0.397 e. The van der Waals surface area contributed by atoms with Gasteiger partial charge in [0.05, 0.1) is 0 Å². The number of aromatic amines is 1. The summed E-state index contributed by atoms with van der Waals surface area (Å²) in [5.74, 6) is -2.14. The largest absolute Gasteiger partial charge is 0.573 e. The first-order valence-electron chi connectivity index (χ1n) is 3.85. The molecule has 0 saturated carbocycles. The number of nitro groups is 1. The second-order valence-corrected chi connectivity index (χ2v) is 2.80. The van der Waals surface area contributed by atoms with E-state index in [2.05, 4.69) is 4.74 Å². The molecule has 16 heavy (non-hydrogen) atoms. The molecule has 0 atom stereocenters. The molecule has 88 valence electrons. The maximum Gasteiger partial charge on any atom is 0.573 e. The van der Waals surface area contributed by atoms with Crippen LogP contribution in [0.5, 0.6) is 5.75 Å².